The summed E-state index contributed by atoms with van der Waals surface area (Å²) in [6.45, 7) is 6.19. The number of thiazole rings is 1. The maximum atomic E-state index is 6.19. The monoisotopic (exact) mass is 504 g/mol. The maximum absolute atomic E-state index is 6.19. The summed E-state index contributed by atoms with van der Waals surface area (Å²) in [5.41, 5.74) is 13.1. The van der Waals surface area contributed by atoms with Crippen LogP contribution in [-0.2, 0) is 0 Å². The van der Waals surface area contributed by atoms with E-state index in [1.54, 1.807) is 22.2 Å². The van der Waals surface area contributed by atoms with Crippen molar-refractivity contribution in [2.45, 2.75) is 6.92 Å². The number of aromatic nitrogens is 5. The van der Waals surface area contributed by atoms with Crippen molar-refractivity contribution in [3.63, 3.8) is 0 Å². The first-order valence-corrected chi connectivity index (χ1v) is 12.5. The lowest BCUT2D eigenvalue weighted by molar-refractivity contribution is 0.885. The predicted octanol–water partition coefficient (Wildman–Crippen LogP) is 6.36. The lowest BCUT2D eigenvalue weighted by Crippen LogP contribution is -2.01. The highest BCUT2D eigenvalue weighted by Gasteiger charge is 2.14. The van der Waals surface area contributed by atoms with Crippen molar-refractivity contribution in [2.24, 2.45) is 0 Å². The van der Waals surface area contributed by atoms with Gasteiger partial charge in [-0.25, -0.2) is 14.6 Å². The van der Waals surface area contributed by atoms with E-state index in [9.17, 15) is 0 Å². The van der Waals surface area contributed by atoms with Crippen molar-refractivity contribution in [3.8, 4) is 16.3 Å². The Balaban J connectivity index is 1.16. The van der Waals surface area contributed by atoms with Crippen LogP contribution in [0.1, 0.15) is 11.3 Å². The normalized spacial score (nSPS) is 11.1. The number of fused-ring (bicyclic) bond motifs is 1. The van der Waals surface area contributed by atoms with Crippen LogP contribution in [-0.4, -0.2) is 24.1 Å². The van der Waals surface area contributed by atoms with Crippen LogP contribution in [0.5, 0.6) is 0 Å². The van der Waals surface area contributed by atoms with Gasteiger partial charge in [-0.1, -0.05) is 54.3 Å². The number of hydrogen-bond donors (Lipinski definition) is 3. The minimum atomic E-state index is 0.546. The van der Waals surface area contributed by atoms with Gasteiger partial charge in [-0.3, -0.25) is 4.40 Å². The first-order chi connectivity index (χ1) is 18.0. The van der Waals surface area contributed by atoms with E-state index in [1.807, 2.05) is 92.1 Å². The Bertz CT molecular complexity index is 1710. The van der Waals surface area contributed by atoms with E-state index in [1.165, 1.54) is 0 Å². The molecule has 4 heterocycles. The molecule has 0 saturated heterocycles. The second kappa shape index (κ2) is 9.29. The summed E-state index contributed by atoms with van der Waals surface area (Å²) in [6.07, 6.45) is 5.70. The molecule has 0 aliphatic carbocycles. The van der Waals surface area contributed by atoms with E-state index in [4.69, 9.17) is 10.7 Å². The first kappa shape index (κ1) is 22.6. The zero-order valence-corrected chi connectivity index (χ0v) is 20.9. The number of nitrogens with two attached hydrogens (primary N) is 1. The number of para-hydroxylation sites is 1. The highest BCUT2D eigenvalue weighted by atomic mass is 32.1. The minimum Gasteiger partial charge on any atom is -0.394 e. The third kappa shape index (κ3) is 4.43. The Morgan fingerprint density at radius 2 is 1.78 bits per heavy atom. The molecule has 0 radical (unpaired) electrons. The summed E-state index contributed by atoms with van der Waals surface area (Å²) >= 11 is 1.60. The molecule has 4 aromatic heterocycles. The largest absolute Gasteiger partial charge is 0.394 e. The average molecular weight is 505 g/mol. The molecule has 4 N–H and O–H groups in total. The molecular formula is C28H24N8S. The van der Waals surface area contributed by atoms with Crippen molar-refractivity contribution in [3.05, 3.63) is 109 Å². The molecule has 0 unspecified atom stereocenters. The predicted molar refractivity (Wildman–Crippen MR) is 151 cm³/mol. The Morgan fingerprint density at radius 3 is 2.59 bits per heavy atom. The molecular weight excluding hydrogens is 480 g/mol. The van der Waals surface area contributed by atoms with Crippen LogP contribution < -0.4 is 16.4 Å². The number of nitrogens with zero attached hydrogens (tertiary/aromatic N) is 5. The van der Waals surface area contributed by atoms with Gasteiger partial charge in [0, 0.05) is 17.6 Å². The van der Waals surface area contributed by atoms with Gasteiger partial charge in [-0.2, -0.15) is 0 Å². The molecule has 182 valence electrons. The molecule has 0 atom stereocenters. The van der Waals surface area contributed by atoms with Crippen molar-refractivity contribution < 1.29 is 0 Å². The molecule has 0 aliphatic rings. The van der Waals surface area contributed by atoms with Gasteiger partial charge in [0.25, 0.3) is 0 Å². The van der Waals surface area contributed by atoms with Crippen LogP contribution in [0.15, 0.2) is 98.0 Å². The van der Waals surface area contributed by atoms with Crippen LogP contribution in [0.3, 0.4) is 0 Å². The van der Waals surface area contributed by atoms with Crippen LogP contribution in [0.25, 0.3) is 27.6 Å². The molecule has 0 saturated carbocycles. The van der Waals surface area contributed by atoms with Crippen molar-refractivity contribution >= 4 is 45.0 Å². The van der Waals surface area contributed by atoms with E-state index in [0.717, 1.165) is 44.0 Å². The second-order valence-electron chi connectivity index (χ2n) is 8.52. The molecule has 0 fully saturated rings. The minimum absolute atomic E-state index is 0.546. The molecule has 6 rings (SSSR count). The van der Waals surface area contributed by atoms with E-state index < -0.39 is 0 Å². The molecule has 6 aromatic rings. The molecule has 8 nitrogen and oxygen atoms in total. The zero-order valence-electron chi connectivity index (χ0n) is 20.1. The van der Waals surface area contributed by atoms with Crippen LogP contribution >= 0.6 is 11.3 Å². The van der Waals surface area contributed by atoms with Crippen LogP contribution in [0.2, 0.25) is 0 Å². The van der Waals surface area contributed by atoms with Gasteiger partial charge in [0.1, 0.15) is 5.65 Å². The fraction of sp³-hybridized carbons (Fsp3) is 0.0357. The summed E-state index contributed by atoms with van der Waals surface area (Å²) in [4.78, 5) is 10.3. The van der Waals surface area contributed by atoms with Crippen LogP contribution in [0.4, 0.5) is 22.3 Å². The van der Waals surface area contributed by atoms with Gasteiger partial charge in [-0.05, 0) is 48.9 Å². The summed E-state index contributed by atoms with van der Waals surface area (Å²) in [5, 5.41) is 12.0. The second-order valence-corrected chi connectivity index (χ2v) is 9.52. The Kier molecular flexibility index (Phi) is 5.66. The van der Waals surface area contributed by atoms with E-state index in [0.29, 0.717) is 17.2 Å². The SMILES string of the molecule is C=C(Nc1nn(-c2ccccc2)cc1N)c1ccc(Nc2nc(C)c(-c3cnc4ccccn34)s2)cc1. The number of aryl methyl sites for hydroxylation is 1. The first-order valence-electron chi connectivity index (χ1n) is 11.7. The molecule has 9 heteroatoms. The van der Waals surface area contributed by atoms with Gasteiger partial charge in [-0.15, -0.1) is 5.10 Å². The number of nitrogen functional groups attached to an aromatic ring is 1. The lowest BCUT2D eigenvalue weighted by Gasteiger charge is -2.09. The van der Waals surface area contributed by atoms with Crippen molar-refractivity contribution in [1.82, 2.24) is 24.1 Å². The standard InChI is InChI=1S/C28H24N8S/c1-18(31-27-23(29)17-36(34-27)22-8-4-3-5-9-22)20-11-13-21(14-12-20)33-28-32-19(2)26(37-28)24-16-30-25-10-6-7-15-35(24)25/h3-17H,1,29H2,2H3,(H,31,34)(H,32,33). The fourth-order valence-electron chi connectivity index (χ4n) is 4.08. The van der Waals surface area contributed by atoms with Gasteiger partial charge in [0.15, 0.2) is 10.9 Å². The van der Waals surface area contributed by atoms with Crippen molar-refractivity contribution in [1.29, 1.82) is 0 Å². The Morgan fingerprint density at radius 1 is 1.00 bits per heavy atom. The highest BCUT2D eigenvalue weighted by Crippen LogP contribution is 2.34. The molecule has 0 bridgehead atoms. The molecule has 0 aliphatic heterocycles. The van der Waals surface area contributed by atoms with Gasteiger partial charge >= 0.3 is 0 Å². The third-order valence-corrected chi connectivity index (χ3v) is 7.06. The summed E-state index contributed by atoms with van der Waals surface area (Å²) in [6, 6.07) is 23.8. The van der Waals surface area contributed by atoms with E-state index >= 15 is 0 Å². The number of pyridine rings is 1. The van der Waals surface area contributed by atoms with Gasteiger partial charge in [0.2, 0.25) is 0 Å². The third-order valence-electron chi connectivity index (χ3n) is 5.96. The fourth-order valence-corrected chi connectivity index (χ4v) is 5.07. The van der Waals surface area contributed by atoms with Crippen LogP contribution in [0, 0.1) is 6.92 Å². The van der Waals surface area contributed by atoms with E-state index in [2.05, 4.69) is 31.7 Å². The Hall–Kier alpha value is -4.89. The summed E-state index contributed by atoms with van der Waals surface area (Å²) < 4.78 is 3.82. The number of rotatable bonds is 7. The van der Waals surface area contributed by atoms with Gasteiger partial charge < -0.3 is 16.4 Å². The lowest BCUT2D eigenvalue weighted by atomic mass is 10.1. The number of anilines is 4. The molecule has 37 heavy (non-hydrogen) atoms. The summed E-state index contributed by atoms with van der Waals surface area (Å²) in [7, 11) is 0. The number of hydrogen-bond acceptors (Lipinski definition) is 7. The molecule has 0 spiro atoms. The zero-order chi connectivity index (χ0) is 25.4. The molecule has 0 amide bonds. The topological polar surface area (TPSA) is 98.1 Å². The molecule has 2 aromatic carbocycles. The number of benzene rings is 2. The number of imidazole rings is 1. The highest BCUT2D eigenvalue weighted by molar-refractivity contribution is 7.19. The smallest absolute Gasteiger partial charge is 0.188 e. The summed E-state index contributed by atoms with van der Waals surface area (Å²) in [5.74, 6) is 0.564. The van der Waals surface area contributed by atoms with Crippen molar-refractivity contribution in [2.75, 3.05) is 16.4 Å². The van der Waals surface area contributed by atoms with Gasteiger partial charge in [0.05, 0.1) is 40.0 Å². The average Bonchev–Trinajstić information content (AvgIpc) is 3.61. The van der Waals surface area contributed by atoms with E-state index in [-0.39, 0.29) is 0 Å². The maximum Gasteiger partial charge on any atom is 0.188 e. The number of nitrogens with one attached hydrogen (secondary N) is 2. The quantitative estimate of drug-likeness (QED) is 0.234. The Labute approximate surface area is 217 Å².